The van der Waals surface area contributed by atoms with Crippen LogP contribution in [0.3, 0.4) is 0 Å². The van der Waals surface area contributed by atoms with E-state index in [2.05, 4.69) is 0 Å². The van der Waals surface area contributed by atoms with Crippen molar-refractivity contribution >= 4 is 5.57 Å². The molecule has 1 aliphatic heterocycles. The second kappa shape index (κ2) is 4.49. The molecule has 0 aromatic heterocycles. The molecule has 0 atom stereocenters. The minimum atomic E-state index is -0.244. The summed E-state index contributed by atoms with van der Waals surface area (Å²) in [4.78, 5) is 2.00. The van der Waals surface area contributed by atoms with Crippen LogP contribution in [-0.2, 0) is 0 Å². The summed E-state index contributed by atoms with van der Waals surface area (Å²) in [5.74, 6) is -0.244. The Morgan fingerprint density at radius 2 is 2.00 bits per heavy atom. The Balaban J connectivity index is 2.34. The van der Waals surface area contributed by atoms with Gasteiger partial charge in [0.25, 0.3) is 0 Å². The van der Waals surface area contributed by atoms with Crippen molar-refractivity contribution in [2.75, 3.05) is 20.2 Å². The van der Waals surface area contributed by atoms with E-state index in [9.17, 15) is 9.50 Å². The molecular formula is C13H14FNO. The summed E-state index contributed by atoms with van der Waals surface area (Å²) >= 11 is 0. The average molecular weight is 219 g/mol. The molecule has 0 saturated heterocycles. The van der Waals surface area contributed by atoms with Crippen LogP contribution in [0.25, 0.3) is 5.57 Å². The number of hydrogen-bond donors (Lipinski definition) is 1. The summed E-state index contributed by atoms with van der Waals surface area (Å²) in [5, 5.41) is 9.29. The lowest BCUT2D eigenvalue weighted by molar-refractivity contribution is 0.331. The van der Waals surface area contributed by atoms with Gasteiger partial charge in [0.1, 0.15) is 5.82 Å². The number of nitrogens with zero attached hydrogens (tertiary/aromatic N) is 1. The zero-order chi connectivity index (χ0) is 11.5. The molecule has 2 rings (SSSR count). The predicted octanol–water partition coefficient (Wildman–Crippen LogP) is 2.03. The number of aliphatic hydroxyl groups is 1. The molecule has 0 fully saturated rings. The highest BCUT2D eigenvalue weighted by Crippen LogP contribution is 2.25. The first-order valence-electron chi connectivity index (χ1n) is 5.19. The zero-order valence-corrected chi connectivity index (χ0v) is 9.15. The maximum absolute atomic E-state index is 12.8. The number of hydrogen-bond acceptors (Lipinski definition) is 2. The van der Waals surface area contributed by atoms with Gasteiger partial charge in [-0.1, -0.05) is 18.2 Å². The van der Waals surface area contributed by atoms with E-state index in [4.69, 9.17) is 0 Å². The predicted molar refractivity (Wildman–Crippen MR) is 62.2 cm³/mol. The van der Waals surface area contributed by atoms with E-state index in [0.717, 1.165) is 23.3 Å². The van der Waals surface area contributed by atoms with E-state index in [1.54, 1.807) is 12.1 Å². The molecule has 16 heavy (non-hydrogen) atoms. The van der Waals surface area contributed by atoms with Gasteiger partial charge in [0.15, 0.2) is 0 Å². The highest BCUT2D eigenvalue weighted by molar-refractivity contribution is 5.80. The van der Waals surface area contributed by atoms with Crippen molar-refractivity contribution in [1.29, 1.82) is 0 Å². The summed E-state index contributed by atoms with van der Waals surface area (Å²) in [5.41, 5.74) is 2.79. The Labute approximate surface area is 94.3 Å². The fourth-order valence-electron chi connectivity index (χ4n) is 1.81. The second-order valence-corrected chi connectivity index (χ2v) is 3.88. The van der Waals surface area contributed by atoms with E-state index >= 15 is 0 Å². The Kier molecular flexibility index (Phi) is 3.06. The Morgan fingerprint density at radius 1 is 1.31 bits per heavy atom. The Morgan fingerprint density at radius 3 is 2.62 bits per heavy atom. The minimum absolute atomic E-state index is 0.00640. The van der Waals surface area contributed by atoms with E-state index in [1.807, 2.05) is 24.2 Å². The van der Waals surface area contributed by atoms with E-state index in [-0.39, 0.29) is 12.4 Å². The van der Waals surface area contributed by atoms with Crippen LogP contribution < -0.4 is 0 Å². The summed E-state index contributed by atoms with van der Waals surface area (Å²) in [6.07, 6.45) is 3.96. The molecule has 1 N–H and O–H groups in total. The van der Waals surface area contributed by atoms with Gasteiger partial charge in [-0.2, -0.15) is 0 Å². The molecule has 0 saturated carbocycles. The third-order valence-corrected chi connectivity index (χ3v) is 2.63. The molecule has 0 aliphatic carbocycles. The first kappa shape index (κ1) is 10.9. The third-order valence-electron chi connectivity index (χ3n) is 2.63. The number of rotatable bonds is 2. The molecule has 0 bridgehead atoms. The Bertz CT molecular complexity index is 434. The van der Waals surface area contributed by atoms with Gasteiger partial charge in [0.05, 0.1) is 6.61 Å². The van der Waals surface area contributed by atoms with Gasteiger partial charge < -0.3 is 10.0 Å². The lowest BCUT2D eigenvalue weighted by Gasteiger charge is -2.22. The lowest BCUT2D eigenvalue weighted by atomic mass is 9.96. The van der Waals surface area contributed by atoms with Crippen molar-refractivity contribution < 1.29 is 9.50 Å². The van der Waals surface area contributed by atoms with E-state index in [0.29, 0.717) is 0 Å². The summed E-state index contributed by atoms with van der Waals surface area (Å²) in [6.45, 7) is 0.795. The van der Waals surface area contributed by atoms with Crippen LogP contribution in [0, 0.1) is 5.82 Å². The molecule has 0 radical (unpaired) electrons. The van der Waals surface area contributed by atoms with Crippen LogP contribution in [-0.4, -0.2) is 30.2 Å². The van der Waals surface area contributed by atoms with Crippen LogP contribution in [0.2, 0.25) is 0 Å². The van der Waals surface area contributed by atoms with Gasteiger partial charge in [0.2, 0.25) is 0 Å². The van der Waals surface area contributed by atoms with Gasteiger partial charge in [-0.25, -0.2) is 4.39 Å². The molecular weight excluding hydrogens is 205 g/mol. The topological polar surface area (TPSA) is 23.5 Å². The van der Waals surface area contributed by atoms with Crippen LogP contribution in [0.4, 0.5) is 4.39 Å². The maximum Gasteiger partial charge on any atom is 0.123 e. The lowest BCUT2D eigenvalue weighted by Crippen LogP contribution is -2.17. The largest absolute Gasteiger partial charge is 0.392 e. The zero-order valence-electron chi connectivity index (χ0n) is 9.15. The van der Waals surface area contributed by atoms with Gasteiger partial charge in [-0.3, -0.25) is 0 Å². The summed E-state index contributed by atoms with van der Waals surface area (Å²) in [7, 11) is 1.95. The van der Waals surface area contributed by atoms with Crippen molar-refractivity contribution in [3.63, 3.8) is 0 Å². The third kappa shape index (κ3) is 2.14. The maximum atomic E-state index is 12.8. The molecule has 1 aromatic rings. The van der Waals surface area contributed by atoms with Crippen molar-refractivity contribution in [1.82, 2.24) is 4.90 Å². The van der Waals surface area contributed by atoms with Crippen molar-refractivity contribution in [2.24, 2.45) is 0 Å². The molecule has 0 spiro atoms. The Hall–Kier alpha value is -1.61. The van der Waals surface area contributed by atoms with Crippen LogP contribution in [0.15, 0.2) is 42.1 Å². The summed E-state index contributed by atoms with van der Waals surface area (Å²) < 4.78 is 12.8. The number of halogens is 1. The van der Waals surface area contributed by atoms with Gasteiger partial charge in [-0.05, 0) is 23.3 Å². The fraction of sp³-hybridized carbons (Fsp3) is 0.231. The van der Waals surface area contributed by atoms with Crippen LogP contribution in [0.1, 0.15) is 5.56 Å². The average Bonchev–Trinajstić information content (AvgIpc) is 2.30. The number of aliphatic hydroxyl groups excluding tert-OH is 1. The van der Waals surface area contributed by atoms with E-state index < -0.39 is 0 Å². The molecule has 1 aliphatic rings. The molecule has 0 amide bonds. The van der Waals surface area contributed by atoms with Crippen LogP contribution in [0.5, 0.6) is 0 Å². The number of likely N-dealkylation sites (N-methyl/N-ethyl adjacent to an activating group) is 1. The first-order chi connectivity index (χ1) is 7.70. The van der Waals surface area contributed by atoms with Gasteiger partial charge in [-0.15, -0.1) is 0 Å². The van der Waals surface area contributed by atoms with Crippen molar-refractivity contribution in [3.8, 4) is 0 Å². The smallest absolute Gasteiger partial charge is 0.123 e. The highest BCUT2D eigenvalue weighted by Gasteiger charge is 2.12. The van der Waals surface area contributed by atoms with E-state index in [1.165, 1.54) is 12.1 Å². The molecule has 3 heteroatoms. The quantitative estimate of drug-likeness (QED) is 0.822. The van der Waals surface area contributed by atoms with Gasteiger partial charge in [0, 0.05) is 25.4 Å². The van der Waals surface area contributed by atoms with Crippen molar-refractivity contribution in [2.45, 2.75) is 0 Å². The van der Waals surface area contributed by atoms with Crippen molar-refractivity contribution in [3.05, 3.63) is 53.5 Å². The fourth-order valence-corrected chi connectivity index (χ4v) is 1.81. The standard InChI is InChI=1S/C13H14FNO/c1-15-7-6-13(11(8-15)9-16)10-2-4-12(14)5-3-10/h2-6,8,16H,7,9H2,1H3. The molecule has 1 aromatic carbocycles. The molecule has 84 valence electrons. The normalized spacial score (nSPS) is 15.8. The second-order valence-electron chi connectivity index (χ2n) is 3.88. The molecule has 2 nitrogen and oxygen atoms in total. The minimum Gasteiger partial charge on any atom is -0.392 e. The molecule has 0 unspecified atom stereocenters. The first-order valence-corrected chi connectivity index (χ1v) is 5.19. The number of benzene rings is 1. The van der Waals surface area contributed by atoms with Gasteiger partial charge >= 0.3 is 0 Å². The highest BCUT2D eigenvalue weighted by atomic mass is 19.1. The summed E-state index contributed by atoms with van der Waals surface area (Å²) in [6, 6.07) is 6.33. The monoisotopic (exact) mass is 219 g/mol. The SMILES string of the molecule is CN1C=C(CO)C(c2ccc(F)cc2)=CC1. The van der Waals surface area contributed by atoms with Crippen LogP contribution >= 0.6 is 0 Å². The molecule has 1 heterocycles.